The van der Waals surface area contributed by atoms with Crippen LogP contribution < -0.4 is 5.11 Å². The lowest BCUT2D eigenvalue weighted by Gasteiger charge is -2.29. The van der Waals surface area contributed by atoms with Gasteiger partial charge in [-0.15, -0.1) is 0 Å². The van der Waals surface area contributed by atoms with Gasteiger partial charge in [-0.05, 0) is 34.0 Å². The molecule has 0 aromatic rings. The summed E-state index contributed by atoms with van der Waals surface area (Å²) >= 11 is 0. The van der Waals surface area contributed by atoms with Gasteiger partial charge in [0.15, 0.2) is 0 Å². The Morgan fingerprint density at radius 2 is 1.33 bits per heavy atom. The molecule has 12 heteroatoms. The highest BCUT2D eigenvalue weighted by atomic mass is 16.6. The molecule has 228 valence electrons. The zero-order valence-electron chi connectivity index (χ0n) is 23.7. The van der Waals surface area contributed by atoms with Gasteiger partial charge in [0.05, 0.1) is 39.8 Å². The molecule has 0 fully saturated rings. The molecule has 0 heterocycles. The van der Waals surface area contributed by atoms with Crippen LogP contribution in [0.2, 0.25) is 0 Å². The maximum absolute atomic E-state index is 11.2. The van der Waals surface area contributed by atoms with E-state index in [1.165, 1.54) is 6.08 Å². The predicted molar refractivity (Wildman–Crippen MR) is 148 cm³/mol. The SMILES string of the molecule is C.C=C(C)C(=O)OCCN(C)C.C=C(C)C(=O)OCC[N+](C)(C)CC=C([O-])OCCO.C=CC(=O)OCCO. The molecular formula is C27H50N2O10. The van der Waals surface area contributed by atoms with Gasteiger partial charge in [0.25, 0.3) is 0 Å². The molecule has 0 aromatic carbocycles. The van der Waals surface area contributed by atoms with E-state index in [2.05, 4.69) is 24.5 Å². The molecule has 0 aliphatic carbocycles. The first-order chi connectivity index (χ1) is 17.6. The van der Waals surface area contributed by atoms with Gasteiger partial charge in [-0.25, -0.2) is 14.4 Å². The standard InChI is InChI=1S/C13H23NO5.C8H15NO2.C5H8O3.CH4/c1-11(2)13(17)19-9-7-14(3,4)6-5-12(16)18-10-8-15;1-7(2)8(10)11-6-5-9(3)4;1-2-5(7)8-4-3-6;/h5,15H,1,6-10H2,2-4H3;1,5-6H2,2-4H3;2,6H,1,3-4H2;1H4. The zero-order chi connectivity index (χ0) is 30.1. The summed E-state index contributed by atoms with van der Waals surface area (Å²) in [5, 5.41) is 27.8. The fraction of sp³-hybridized carbons (Fsp3) is 0.593. The summed E-state index contributed by atoms with van der Waals surface area (Å²) in [5.74, 6) is -1.68. The highest BCUT2D eigenvalue weighted by Crippen LogP contribution is 2.01. The highest BCUT2D eigenvalue weighted by Gasteiger charge is 2.14. The molecule has 0 rings (SSSR count). The van der Waals surface area contributed by atoms with Crippen molar-refractivity contribution in [1.29, 1.82) is 0 Å². The number of nitrogens with zero attached hydrogens (tertiary/aromatic N) is 2. The lowest BCUT2D eigenvalue weighted by Crippen LogP contribution is -2.43. The maximum Gasteiger partial charge on any atom is 0.333 e. The van der Waals surface area contributed by atoms with E-state index in [-0.39, 0.29) is 46.4 Å². The van der Waals surface area contributed by atoms with E-state index in [1.807, 2.05) is 33.1 Å². The summed E-state index contributed by atoms with van der Waals surface area (Å²) in [6, 6.07) is 0. The van der Waals surface area contributed by atoms with Gasteiger partial charge in [0.1, 0.15) is 26.4 Å². The van der Waals surface area contributed by atoms with Crippen LogP contribution >= 0.6 is 0 Å². The smallest absolute Gasteiger partial charge is 0.333 e. The Morgan fingerprint density at radius 3 is 1.74 bits per heavy atom. The molecule has 39 heavy (non-hydrogen) atoms. The molecule has 0 unspecified atom stereocenters. The van der Waals surface area contributed by atoms with Crippen molar-refractivity contribution in [3.63, 3.8) is 0 Å². The first kappa shape index (κ1) is 42.9. The Labute approximate surface area is 234 Å². The van der Waals surface area contributed by atoms with Gasteiger partial charge in [-0.1, -0.05) is 27.2 Å². The van der Waals surface area contributed by atoms with Crippen molar-refractivity contribution in [3.05, 3.63) is 49.0 Å². The van der Waals surface area contributed by atoms with Crippen molar-refractivity contribution in [2.45, 2.75) is 21.3 Å². The number of rotatable bonds is 16. The number of likely N-dealkylation sites (N-methyl/N-ethyl adjacent to an activating group) is 2. The van der Waals surface area contributed by atoms with Gasteiger partial charge >= 0.3 is 17.9 Å². The van der Waals surface area contributed by atoms with Crippen LogP contribution in [0.5, 0.6) is 0 Å². The number of quaternary nitrogens is 1. The van der Waals surface area contributed by atoms with E-state index in [0.29, 0.717) is 35.3 Å². The van der Waals surface area contributed by atoms with Crippen LogP contribution in [-0.2, 0) is 33.3 Å². The topological polar surface area (TPSA) is 155 Å². The van der Waals surface area contributed by atoms with Crippen molar-refractivity contribution in [2.24, 2.45) is 0 Å². The normalized spacial score (nSPS) is 10.3. The van der Waals surface area contributed by atoms with Gasteiger partial charge < -0.3 is 43.6 Å². The van der Waals surface area contributed by atoms with E-state index in [9.17, 15) is 19.5 Å². The number of ether oxygens (including phenoxy) is 4. The van der Waals surface area contributed by atoms with Crippen LogP contribution in [0.3, 0.4) is 0 Å². The summed E-state index contributed by atoms with van der Waals surface area (Å²) in [6.45, 7) is 15.5. The number of carbonyl (C=O) groups excluding carboxylic acids is 3. The Kier molecular flexibility index (Phi) is 29.0. The quantitative estimate of drug-likeness (QED) is 0.0883. The molecule has 0 spiro atoms. The van der Waals surface area contributed by atoms with Crippen LogP contribution in [0.15, 0.2) is 49.0 Å². The Morgan fingerprint density at radius 1 is 0.872 bits per heavy atom. The first-order valence-corrected chi connectivity index (χ1v) is 11.8. The van der Waals surface area contributed by atoms with E-state index < -0.39 is 17.9 Å². The lowest BCUT2D eigenvalue weighted by atomic mass is 10.3. The van der Waals surface area contributed by atoms with Crippen LogP contribution in [-0.4, -0.2) is 125 Å². The van der Waals surface area contributed by atoms with Crippen molar-refractivity contribution < 1.29 is 53.1 Å². The molecule has 2 N–H and O–H groups in total. The van der Waals surface area contributed by atoms with Crippen LogP contribution in [0.25, 0.3) is 0 Å². The minimum Gasteiger partial charge on any atom is -0.611 e. The van der Waals surface area contributed by atoms with Gasteiger partial charge in [-0.3, -0.25) is 0 Å². The van der Waals surface area contributed by atoms with E-state index in [1.54, 1.807) is 13.8 Å². The number of hydrogen-bond acceptors (Lipinski definition) is 11. The monoisotopic (exact) mass is 562 g/mol. The second kappa shape index (κ2) is 26.4. The second-order valence-corrected chi connectivity index (χ2v) is 8.67. The fourth-order valence-corrected chi connectivity index (χ4v) is 1.78. The molecule has 0 saturated heterocycles. The summed E-state index contributed by atoms with van der Waals surface area (Å²) < 4.78 is 19.4. The van der Waals surface area contributed by atoms with Crippen LogP contribution in [0.4, 0.5) is 0 Å². The van der Waals surface area contributed by atoms with Gasteiger partial charge in [0, 0.05) is 30.4 Å². The number of aliphatic hydroxyl groups is 2. The van der Waals surface area contributed by atoms with Gasteiger partial charge in [0.2, 0.25) is 0 Å². The third kappa shape index (κ3) is 32.8. The molecule has 0 bridgehead atoms. The number of aliphatic hydroxyl groups excluding tert-OH is 2. The predicted octanol–water partition coefficient (Wildman–Crippen LogP) is 0.404. The van der Waals surface area contributed by atoms with Crippen molar-refractivity contribution in [2.75, 3.05) is 87.5 Å². The molecule has 0 saturated carbocycles. The number of hydrogen-bond donors (Lipinski definition) is 2. The summed E-state index contributed by atoms with van der Waals surface area (Å²) in [7, 11) is 7.66. The Balaban J connectivity index is -0.000000260. The molecule has 0 amide bonds. The number of esters is 3. The molecule has 0 aromatic heterocycles. The van der Waals surface area contributed by atoms with E-state index in [4.69, 9.17) is 24.4 Å². The third-order valence-electron chi connectivity index (χ3n) is 3.99. The fourth-order valence-electron chi connectivity index (χ4n) is 1.78. The largest absolute Gasteiger partial charge is 0.611 e. The van der Waals surface area contributed by atoms with Crippen molar-refractivity contribution in [1.82, 2.24) is 4.90 Å². The second-order valence-electron chi connectivity index (χ2n) is 8.67. The van der Waals surface area contributed by atoms with Crippen molar-refractivity contribution >= 4 is 17.9 Å². The summed E-state index contributed by atoms with van der Waals surface area (Å²) in [4.78, 5) is 34.0. The molecule has 0 aliphatic heterocycles. The molecule has 0 aliphatic rings. The van der Waals surface area contributed by atoms with Crippen LogP contribution in [0, 0.1) is 0 Å². The molecule has 0 radical (unpaired) electrons. The summed E-state index contributed by atoms with van der Waals surface area (Å²) in [5.41, 5.74) is 0.813. The Bertz CT molecular complexity index is 762. The first-order valence-electron chi connectivity index (χ1n) is 11.8. The van der Waals surface area contributed by atoms with E-state index >= 15 is 0 Å². The minimum absolute atomic E-state index is 0. The van der Waals surface area contributed by atoms with Crippen molar-refractivity contribution in [3.8, 4) is 0 Å². The highest BCUT2D eigenvalue weighted by molar-refractivity contribution is 5.87. The Hall–Kier alpha value is -3.19. The summed E-state index contributed by atoms with van der Waals surface area (Å²) in [6.07, 6.45) is 2.46. The molecule has 0 atom stereocenters. The van der Waals surface area contributed by atoms with Crippen LogP contribution in [0.1, 0.15) is 21.3 Å². The third-order valence-corrected chi connectivity index (χ3v) is 3.99. The number of carbonyl (C=O) groups is 3. The molecular weight excluding hydrogens is 512 g/mol. The lowest BCUT2D eigenvalue weighted by molar-refractivity contribution is -0.884. The average Bonchev–Trinajstić information content (AvgIpc) is 2.84. The van der Waals surface area contributed by atoms with E-state index in [0.717, 1.165) is 12.6 Å². The minimum atomic E-state index is -0.501. The zero-order valence-corrected chi connectivity index (χ0v) is 23.7. The van der Waals surface area contributed by atoms with Gasteiger partial charge in [-0.2, -0.15) is 0 Å². The maximum atomic E-state index is 11.2. The average molecular weight is 563 g/mol. The molecule has 12 nitrogen and oxygen atoms in total.